The maximum atomic E-state index is 6.01. The molecular formula is C15H20N4. The van der Waals surface area contributed by atoms with Gasteiger partial charge < -0.3 is 10.6 Å². The molecule has 100 valence electrons. The van der Waals surface area contributed by atoms with Crippen LogP contribution in [0.25, 0.3) is 11.3 Å². The zero-order valence-electron chi connectivity index (χ0n) is 11.3. The van der Waals surface area contributed by atoms with Gasteiger partial charge in [-0.3, -0.25) is 5.10 Å². The highest BCUT2D eigenvalue weighted by molar-refractivity contribution is 5.75. The summed E-state index contributed by atoms with van der Waals surface area (Å²) in [6.45, 7) is 4.28. The Morgan fingerprint density at radius 1 is 1.11 bits per heavy atom. The standard InChI is InChI=1S/C15H20N4/c1-11-14(16)15(18-17-11)12-5-7-13(8-6-12)19-9-3-2-4-10-19/h5-8H,2-4,9-10,16H2,1H3,(H,17,18). The fourth-order valence-electron chi connectivity index (χ4n) is 2.64. The number of anilines is 2. The van der Waals surface area contributed by atoms with E-state index in [9.17, 15) is 0 Å². The fraction of sp³-hybridized carbons (Fsp3) is 0.400. The molecule has 1 aromatic heterocycles. The number of nitrogens with two attached hydrogens (primary N) is 1. The van der Waals surface area contributed by atoms with Crippen LogP contribution < -0.4 is 10.6 Å². The number of aromatic amines is 1. The molecule has 4 heteroatoms. The van der Waals surface area contributed by atoms with Crippen LogP contribution in [-0.4, -0.2) is 23.3 Å². The Balaban J connectivity index is 1.84. The Kier molecular flexibility index (Phi) is 3.15. The van der Waals surface area contributed by atoms with Crippen molar-refractivity contribution in [2.24, 2.45) is 0 Å². The van der Waals surface area contributed by atoms with Crippen LogP contribution >= 0.6 is 0 Å². The van der Waals surface area contributed by atoms with Crippen LogP contribution in [0.2, 0.25) is 0 Å². The minimum Gasteiger partial charge on any atom is -0.395 e. The van der Waals surface area contributed by atoms with E-state index in [0.717, 1.165) is 22.6 Å². The predicted octanol–water partition coefficient (Wildman–Crippen LogP) is 2.96. The lowest BCUT2D eigenvalue weighted by atomic mass is 10.1. The van der Waals surface area contributed by atoms with Crippen LogP contribution in [0.15, 0.2) is 24.3 Å². The van der Waals surface area contributed by atoms with Gasteiger partial charge in [0.2, 0.25) is 0 Å². The average Bonchev–Trinajstić information content (AvgIpc) is 2.80. The van der Waals surface area contributed by atoms with Gasteiger partial charge in [-0.1, -0.05) is 12.1 Å². The molecule has 1 aliphatic rings. The summed E-state index contributed by atoms with van der Waals surface area (Å²) in [4.78, 5) is 2.45. The van der Waals surface area contributed by atoms with Crippen LogP contribution in [0.3, 0.4) is 0 Å². The average molecular weight is 256 g/mol. The van der Waals surface area contributed by atoms with Crippen molar-refractivity contribution < 1.29 is 0 Å². The molecule has 0 aliphatic carbocycles. The number of nitrogen functional groups attached to an aromatic ring is 1. The molecular weight excluding hydrogens is 236 g/mol. The SMILES string of the molecule is Cc1[nH]nc(-c2ccc(N3CCCCC3)cc2)c1N. The van der Waals surface area contributed by atoms with Gasteiger partial charge in [-0.15, -0.1) is 0 Å². The number of hydrogen-bond donors (Lipinski definition) is 2. The highest BCUT2D eigenvalue weighted by Gasteiger charge is 2.12. The van der Waals surface area contributed by atoms with E-state index in [1.165, 1.54) is 38.0 Å². The highest BCUT2D eigenvalue weighted by atomic mass is 15.1. The summed E-state index contributed by atoms with van der Waals surface area (Å²) in [5.41, 5.74) is 10.9. The van der Waals surface area contributed by atoms with E-state index < -0.39 is 0 Å². The molecule has 0 atom stereocenters. The number of piperidine rings is 1. The number of aryl methyl sites for hydroxylation is 1. The number of rotatable bonds is 2. The zero-order chi connectivity index (χ0) is 13.2. The number of hydrogen-bond acceptors (Lipinski definition) is 3. The molecule has 1 fully saturated rings. The van der Waals surface area contributed by atoms with Gasteiger partial charge in [0.05, 0.1) is 11.4 Å². The van der Waals surface area contributed by atoms with Crippen molar-refractivity contribution in [3.63, 3.8) is 0 Å². The van der Waals surface area contributed by atoms with Gasteiger partial charge in [0.15, 0.2) is 0 Å². The summed E-state index contributed by atoms with van der Waals surface area (Å²) in [5.74, 6) is 0. The largest absolute Gasteiger partial charge is 0.395 e. The Bertz CT molecular complexity index is 550. The second-order valence-electron chi connectivity index (χ2n) is 5.21. The van der Waals surface area contributed by atoms with E-state index in [-0.39, 0.29) is 0 Å². The molecule has 0 spiro atoms. The molecule has 1 aromatic carbocycles. The lowest BCUT2D eigenvalue weighted by Crippen LogP contribution is -2.29. The van der Waals surface area contributed by atoms with Gasteiger partial charge in [0, 0.05) is 24.3 Å². The third-order valence-electron chi connectivity index (χ3n) is 3.86. The summed E-state index contributed by atoms with van der Waals surface area (Å²) in [5, 5.41) is 7.19. The molecule has 0 amide bonds. The number of aromatic nitrogens is 2. The van der Waals surface area contributed by atoms with Gasteiger partial charge in [0.25, 0.3) is 0 Å². The topological polar surface area (TPSA) is 57.9 Å². The molecule has 2 aromatic rings. The van der Waals surface area contributed by atoms with Crippen LogP contribution in [0.4, 0.5) is 11.4 Å². The quantitative estimate of drug-likeness (QED) is 0.868. The van der Waals surface area contributed by atoms with E-state index in [0.29, 0.717) is 0 Å². The van der Waals surface area contributed by atoms with Crippen molar-refractivity contribution in [3.8, 4) is 11.3 Å². The summed E-state index contributed by atoms with van der Waals surface area (Å²) in [6, 6.07) is 8.56. The normalized spacial score (nSPS) is 15.7. The third-order valence-corrected chi connectivity index (χ3v) is 3.86. The van der Waals surface area contributed by atoms with E-state index in [2.05, 4.69) is 39.4 Å². The van der Waals surface area contributed by atoms with Gasteiger partial charge >= 0.3 is 0 Å². The second-order valence-corrected chi connectivity index (χ2v) is 5.21. The highest BCUT2D eigenvalue weighted by Crippen LogP contribution is 2.28. The van der Waals surface area contributed by atoms with Crippen LogP contribution in [0, 0.1) is 6.92 Å². The maximum absolute atomic E-state index is 6.01. The van der Waals surface area contributed by atoms with Crippen molar-refractivity contribution in [2.75, 3.05) is 23.7 Å². The van der Waals surface area contributed by atoms with Gasteiger partial charge in [0.1, 0.15) is 5.69 Å². The third kappa shape index (κ3) is 2.30. The van der Waals surface area contributed by atoms with Crippen molar-refractivity contribution in [3.05, 3.63) is 30.0 Å². The maximum Gasteiger partial charge on any atom is 0.115 e. The monoisotopic (exact) mass is 256 g/mol. The van der Waals surface area contributed by atoms with Gasteiger partial charge in [-0.2, -0.15) is 5.10 Å². The zero-order valence-corrected chi connectivity index (χ0v) is 11.3. The Labute approximate surface area is 113 Å². The van der Waals surface area contributed by atoms with E-state index in [1.807, 2.05) is 6.92 Å². The number of benzene rings is 1. The van der Waals surface area contributed by atoms with E-state index in [4.69, 9.17) is 5.73 Å². The number of nitrogens with zero attached hydrogens (tertiary/aromatic N) is 2. The molecule has 0 radical (unpaired) electrons. The summed E-state index contributed by atoms with van der Waals surface area (Å²) in [7, 11) is 0. The molecule has 1 saturated heterocycles. The minimum atomic E-state index is 0.741. The fourth-order valence-corrected chi connectivity index (χ4v) is 2.64. The number of nitrogens with one attached hydrogen (secondary N) is 1. The first-order valence-electron chi connectivity index (χ1n) is 6.91. The molecule has 0 bridgehead atoms. The van der Waals surface area contributed by atoms with Crippen molar-refractivity contribution in [2.45, 2.75) is 26.2 Å². The van der Waals surface area contributed by atoms with E-state index in [1.54, 1.807) is 0 Å². The molecule has 19 heavy (non-hydrogen) atoms. The van der Waals surface area contributed by atoms with Crippen molar-refractivity contribution in [1.29, 1.82) is 0 Å². The Morgan fingerprint density at radius 3 is 2.37 bits per heavy atom. The van der Waals surface area contributed by atoms with E-state index >= 15 is 0 Å². The van der Waals surface area contributed by atoms with Crippen LogP contribution in [0.5, 0.6) is 0 Å². The van der Waals surface area contributed by atoms with Crippen molar-refractivity contribution >= 4 is 11.4 Å². The summed E-state index contributed by atoms with van der Waals surface area (Å²) < 4.78 is 0. The first kappa shape index (κ1) is 12.1. The van der Waals surface area contributed by atoms with Crippen molar-refractivity contribution in [1.82, 2.24) is 10.2 Å². The molecule has 3 rings (SSSR count). The Hall–Kier alpha value is -1.97. The molecule has 0 unspecified atom stereocenters. The smallest absolute Gasteiger partial charge is 0.115 e. The van der Waals surface area contributed by atoms with Gasteiger partial charge in [-0.05, 0) is 38.3 Å². The first-order chi connectivity index (χ1) is 9.25. The van der Waals surface area contributed by atoms with Crippen LogP contribution in [0.1, 0.15) is 25.0 Å². The summed E-state index contributed by atoms with van der Waals surface area (Å²) >= 11 is 0. The second kappa shape index (κ2) is 4.96. The lowest BCUT2D eigenvalue weighted by molar-refractivity contribution is 0.578. The molecule has 0 saturated carbocycles. The molecule has 4 nitrogen and oxygen atoms in total. The summed E-state index contributed by atoms with van der Waals surface area (Å²) in [6.07, 6.45) is 3.96. The molecule has 2 heterocycles. The molecule has 1 aliphatic heterocycles. The predicted molar refractivity (Wildman–Crippen MR) is 79.2 cm³/mol. The van der Waals surface area contributed by atoms with Crippen LogP contribution in [-0.2, 0) is 0 Å². The lowest BCUT2D eigenvalue weighted by Gasteiger charge is -2.28. The first-order valence-corrected chi connectivity index (χ1v) is 6.91. The molecule has 3 N–H and O–H groups in total. The minimum absolute atomic E-state index is 0.741. The van der Waals surface area contributed by atoms with Gasteiger partial charge in [-0.25, -0.2) is 0 Å². The Morgan fingerprint density at radius 2 is 1.79 bits per heavy atom. The number of H-pyrrole nitrogens is 1.